The van der Waals surface area contributed by atoms with Gasteiger partial charge in [0.15, 0.2) is 14.1 Å². The molecule has 2 saturated heterocycles. The SMILES string of the molecule is C/C=C\[C@H](C)[C@@H]1O[C@@]1(C)[C@@H](O[Si](CC)(CC)CC)[C@H]1OC(C)(C)O[C@@H]1[C@H](C)COCc1ccc(OC)cc1. The van der Waals surface area contributed by atoms with Crippen molar-refractivity contribution in [2.75, 3.05) is 13.7 Å². The summed E-state index contributed by atoms with van der Waals surface area (Å²) in [6, 6.07) is 11.2. The minimum Gasteiger partial charge on any atom is -0.497 e. The number of rotatable bonds is 15. The summed E-state index contributed by atoms with van der Waals surface area (Å²) in [5.41, 5.74) is 0.691. The van der Waals surface area contributed by atoms with Crippen molar-refractivity contribution in [1.82, 2.24) is 0 Å². The Bertz CT molecular complexity index is 890. The molecule has 0 radical (unpaired) electrons. The van der Waals surface area contributed by atoms with Crippen LogP contribution in [0.3, 0.4) is 0 Å². The second kappa shape index (κ2) is 13.0. The quantitative estimate of drug-likeness (QED) is 0.132. The molecule has 0 bridgehead atoms. The van der Waals surface area contributed by atoms with E-state index in [9.17, 15) is 0 Å². The molecular formula is C31H52O6Si. The fraction of sp³-hybridized carbons (Fsp3) is 0.742. The van der Waals surface area contributed by atoms with Crippen LogP contribution in [0, 0.1) is 11.8 Å². The predicted octanol–water partition coefficient (Wildman–Crippen LogP) is 7.13. The van der Waals surface area contributed by atoms with Crippen LogP contribution in [-0.4, -0.2) is 57.8 Å². The Hall–Kier alpha value is -1.22. The maximum Gasteiger partial charge on any atom is 0.192 e. The standard InChI is InChI=1S/C31H52O6Si/c1-11-15-22(5)28-31(9,36-28)29(37-38(12-2,13-3)14-4)27-26(34-30(7,8)35-27)23(6)20-33-21-24-16-18-25(32-10)19-17-24/h11,15-19,22-23,26-29H,12-14,20-21H2,1-10H3/b15-11-/t22-,23+,26+,27-,28-,29-,31+/m0/s1. The van der Waals surface area contributed by atoms with Crippen LogP contribution in [0.1, 0.15) is 67.9 Å². The second-order valence-electron chi connectivity index (χ2n) is 11.8. The lowest BCUT2D eigenvalue weighted by atomic mass is 9.86. The summed E-state index contributed by atoms with van der Waals surface area (Å²) in [7, 11) is -0.287. The van der Waals surface area contributed by atoms with Crippen LogP contribution >= 0.6 is 0 Å². The van der Waals surface area contributed by atoms with Gasteiger partial charge in [-0.05, 0) is 63.5 Å². The van der Waals surface area contributed by atoms with E-state index in [2.05, 4.69) is 60.6 Å². The molecule has 2 fully saturated rings. The Kier molecular flexibility index (Phi) is 10.7. The van der Waals surface area contributed by atoms with Gasteiger partial charge in [0.1, 0.15) is 23.6 Å². The zero-order valence-electron chi connectivity index (χ0n) is 25.4. The van der Waals surface area contributed by atoms with Gasteiger partial charge in [-0.2, -0.15) is 0 Å². The van der Waals surface area contributed by atoms with Crippen LogP contribution in [0.5, 0.6) is 5.75 Å². The summed E-state index contributed by atoms with van der Waals surface area (Å²) < 4.78 is 38.4. The minimum absolute atomic E-state index is 0.0931. The lowest BCUT2D eigenvalue weighted by Crippen LogP contribution is -2.55. The maximum absolute atomic E-state index is 7.26. The van der Waals surface area contributed by atoms with E-state index >= 15 is 0 Å². The molecule has 0 aromatic heterocycles. The highest BCUT2D eigenvalue weighted by molar-refractivity contribution is 6.73. The first-order valence-electron chi connectivity index (χ1n) is 14.5. The van der Waals surface area contributed by atoms with Crippen molar-refractivity contribution in [1.29, 1.82) is 0 Å². The zero-order chi connectivity index (χ0) is 28.1. The maximum atomic E-state index is 7.26. The Balaban J connectivity index is 1.81. The summed E-state index contributed by atoms with van der Waals surface area (Å²) in [6.07, 6.45) is 3.81. The summed E-state index contributed by atoms with van der Waals surface area (Å²) in [6.45, 7) is 20.6. The molecule has 0 unspecified atom stereocenters. The fourth-order valence-corrected chi connectivity index (χ4v) is 8.86. The fourth-order valence-electron chi connectivity index (χ4n) is 5.95. The van der Waals surface area contributed by atoms with Crippen LogP contribution in [0.15, 0.2) is 36.4 Å². The van der Waals surface area contributed by atoms with Crippen LogP contribution in [-0.2, 0) is 30.0 Å². The number of benzene rings is 1. The molecule has 2 heterocycles. The first kappa shape index (κ1) is 31.3. The third-order valence-electron chi connectivity index (χ3n) is 8.57. The molecule has 7 atom stereocenters. The van der Waals surface area contributed by atoms with E-state index in [1.54, 1.807) is 7.11 Å². The number of hydrogen-bond acceptors (Lipinski definition) is 6. The van der Waals surface area contributed by atoms with Crippen LogP contribution in [0.2, 0.25) is 18.1 Å². The van der Waals surface area contributed by atoms with Crippen molar-refractivity contribution in [2.45, 2.75) is 123 Å². The van der Waals surface area contributed by atoms with Gasteiger partial charge in [-0.1, -0.05) is 58.9 Å². The highest BCUT2D eigenvalue weighted by atomic mass is 28.4. The number of allylic oxidation sites excluding steroid dienone is 1. The van der Waals surface area contributed by atoms with Gasteiger partial charge in [-0.15, -0.1) is 0 Å². The number of methoxy groups -OCH3 is 1. The summed E-state index contributed by atoms with van der Waals surface area (Å²) in [5, 5.41) is 0. The number of hydrogen-bond donors (Lipinski definition) is 0. The van der Waals surface area contributed by atoms with Gasteiger partial charge >= 0.3 is 0 Å². The van der Waals surface area contributed by atoms with Crippen LogP contribution in [0.25, 0.3) is 0 Å². The lowest BCUT2D eigenvalue weighted by molar-refractivity contribution is -0.160. The summed E-state index contributed by atoms with van der Waals surface area (Å²) in [5.74, 6) is 0.557. The van der Waals surface area contributed by atoms with E-state index in [0.717, 1.165) is 29.4 Å². The second-order valence-corrected chi connectivity index (χ2v) is 16.5. The van der Waals surface area contributed by atoms with Gasteiger partial charge in [-0.3, -0.25) is 0 Å². The largest absolute Gasteiger partial charge is 0.497 e. The van der Waals surface area contributed by atoms with E-state index < -0.39 is 19.7 Å². The normalized spacial score (nSPS) is 29.4. The van der Waals surface area contributed by atoms with E-state index in [1.807, 2.05) is 38.1 Å². The van der Waals surface area contributed by atoms with E-state index in [4.69, 9.17) is 28.1 Å². The van der Waals surface area contributed by atoms with Crippen molar-refractivity contribution in [3.05, 3.63) is 42.0 Å². The summed E-state index contributed by atoms with van der Waals surface area (Å²) in [4.78, 5) is 0. The zero-order valence-corrected chi connectivity index (χ0v) is 26.4. The number of epoxide rings is 1. The lowest BCUT2D eigenvalue weighted by Gasteiger charge is -2.39. The summed E-state index contributed by atoms with van der Waals surface area (Å²) >= 11 is 0. The molecule has 0 aliphatic carbocycles. The van der Waals surface area contributed by atoms with E-state index in [-0.39, 0.29) is 30.3 Å². The third kappa shape index (κ3) is 7.10. The first-order valence-corrected chi connectivity index (χ1v) is 17.1. The molecule has 2 aliphatic rings. The molecule has 38 heavy (non-hydrogen) atoms. The molecule has 7 heteroatoms. The Labute approximate surface area is 232 Å². The van der Waals surface area contributed by atoms with Gasteiger partial charge in [0.25, 0.3) is 0 Å². The minimum atomic E-state index is -1.96. The average Bonchev–Trinajstić information content (AvgIpc) is 3.49. The third-order valence-corrected chi connectivity index (χ3v) is 13.2. The van der Waals surface area contributed by atoms with Gasteiger partial charge < -0.3 is 28.1 Å². The van der Waals surface area contributed by atoms with Crippen molar-refractivity contribution in [2.24, 2.45) is 11.8 Å². The highest BCUT2D eigenvalue weighted by Crippen LogP contribution is 2.51. The van der Waals surface area contributed by atoms with Crippen LogP contribution < -0.4 is 4.74 Å². The predicted molar refractivity (Wildman–Crippen MR) is 155 cm³/mol. The Morgan fingerprint density at radius 3 is 2.11 bits per heavy atom. The molecule has 2 aliphatic heterocycles. The topological polar surface area (TPSA) is 58.7 Å². The molecule has 6 nitrogen and oxygen atoms in total. The van der Waals surface area contributed by atoms with E-state index in [1.165, 1.54) is 0 Å². The van der Waals surface area contributed by atoms with E-state index in [0.29, 0.717) is 19.1 Å². The first-order chi connectivity index (χ1) is 18.0. The smallest absolute Gasteiger partial charge is 0.192 e. The molecule has 0 amide bonds. The molecule has 0 spiro atoms. The van der Waals surface area contributed by atoms with Crippen molar-refractivity contribution >= 4 is 8.32 Å². The van der Waals surface area contributed by atoms with Crippen molar-refractivity contribution in [3.63, 3.8) is 0 Å². The molecule has 0 N–H and O–H groups in total. The van der Waals surface area contributed by atoms with Crippen molar-refractivity contribution in [3.8, 4) is 5.75 Å². The Morgan fingerprint density at radius 2 is 1.55 bits per heavy atom. The highest BCUT2D eigenvalue weighted by Gasteiger charge is 2.66. The van der Waals surface area contributed by atoms with Gasteiger partial charge in [0, 0.05) is 11.8 Å². The van der Waals surface area contributed by atoms with Crippen LogP contribution in [0.4, 0.5) is 0 Å². The average molecular weight is 549 g/mol. The molecule has 0 saturated carbocycles. The molecule has 3 rings (SSSR count). The van der Waals surface area contributed by atoms with Gasteiger partial charge in [0.05, 0.1) is 32.5 Å². The molecule has 216 valence electrons. The monoisotopic (exact) mass is 548 g/mol. The van der Waals surface area contributed by atoms with Gasteiger partial charge in [0.2, 0.25) is 0 Å². The number of ether oxygens (including phenoxy) is 5. The Morgan fingerprint density at radius 1 is 0.947 bits per heavy atom. The molecule has 1 aromatic carbocycles. The van der Waals surface area contributed by atoms with Crippen molar-refractivity contribution < 1.29 is 28.1 Å². The molecular weight excluding hydrogens is 496 g/mol. The molecule has 1 aromatic rings. The van der Waals surface area contributed by atoms with Gasteiger partial charge in [-0.25, -0.2) is 0 Å².